The molecule has 2 bridgehead atoms. The van der Waals surface area contributed by atoms with Crippen LogP contribution in [0.5, 0.6) is 0 Å². The van der Waals surface area contributed by atoms with Crippen LogP contribution >= 0.6 is 0 Å². The molecule has 0 radical (unpaired) electrons. The van der Waals surface area contributed by atoms with Crippen molar-refractivity contribution in [2.24, 2.45) is 0 Å². The van der Waals surface area contributed by atoms with Crippen LogP contribution in [0.2, 0.25) is 0 Å². The van der Waals surface area contributed by atoms with Gasteiger partial charge in [0.25, 0.3) is 0 Å². The summed E-state index contributed by atoms with van der Waals surface area (Å²) in [5.74, 6) is -2.33. The summed E-state index contributed by atoms with van der Waals surface area (Å²) in [4.78, 5) is 45.9. The van der Waals surface area contributed by atoms with Crippen LogP contribution in [0, 0.1) is 0 Å². The predicted molar refractivity (Wildman–Crippen MR) is 85.3 cm³/mol. The molecule has 11 nitrogen and oxygen atoms in total. The third-order valence-corrected chi connectivity index (χ3v) is 4.13. The average molecular weight is 389 g/mol. The number of methoxy groups -OCH3 is 1. The van der Waals surface area contributed by atoms with Crippen LogP contribution in [-0.2, 0) is 47.6 Å². The molecule has 6 atom stereocenters. The number of hydrogen-bond acceptors (Lipinski definition) is 10. The Morgan fingerprint density at radius 2 is 1.37 bits per heavy atom. The maximum atomic E-state index is 12.0. The van der Waals surface area contributed by atoms with Crippen molar-refractivity contribution in [1.82, 2.24) is 5.32 Å². The molecular weight excluding hydrogens is 366 g/mol. The van der Waals surface area contributed by atoms with E-state index in [4.69, 9.17) is 28.4 Å². The highest BCUT2D eigenvalue weighted by Crippen LogP contribution is 2.41. The Balaban J connectivity index is 2.06. The zero-order valence-electron chi connectivity index (χ0n) is 15.5. The molecule has 11 heteroatoms. The van der Waals surface area contributed by atoms with Crippen molar-refractivity contribution in [1.29, 1.82) is 0 Å². The highest BCUT2D eigenvalue weighted by Gasteiger charge is 2.65. The fourth-order valence-electron chi connectivity index (χ4n) is 3.15. The van der Waals surface area contributed by atoms with Crippen molar-refractivity contribution in [2.75, 3.05) is 27.4 Å². The summed E-state index contributed by atoms with van der Waals surface area (Å²) in [5.41, 5.74) is 0. The molecule has 2 saturated heterocycles. The zero-order chi connectivity index (χ0) is 20.1. The van der Waals surface area contributed by atoms with Crippen LogP contribution < -0.4 is 5.32 Å². The maximum absolute atomic E-state index is 12.0. The number of nitrogens with one attached hydrogen (secondary N) is 1. The molecule has 1 amide bonds. The van der Waals surface area contributed by atoms with Gasteiger partial charge >= 0.3 is 17.9 Å². The van der Waals surface area contributed by atoms with Crippen LogP contribution in [0.3, 0.4) is 0 Å². The molecular formula is C16H23NO10. The van der Waals surface area contributed by atoms with Crippen LogP contribution in [0.25, 0.3) is 0 Å². The van der Waals surface area contributed by atoms with Crippen LogP contribution in [0.1, 0.15) is 13.8 Å². The van der Waals surface area contributed by atoms with E-state index in [1.54, 1.807) is 0 Å². The SMILES string of the molecule is CNC(=O)COCC(=O)OC1C2O[C@@H](C1OC(C)=O)[C@@H](OC)C2OC(C)=O. The van der Waals surface area contributed by atoms with E-state index < -0.39 is 67.0 Å². The number of fused-ring (bicyclic) bond motifs is 2. The lowest BCUT2D eigenvalue weighted by atomic mass is 9.89. The Morgan fingerprint density at radius 3 is 1.89 bits per heavy atom. The second-order valence-corrected chi connectivity index (χ2v) is 6.03. The molecule has 0 aromatic rings. The highest BCUT2D eigenvalue weighted by molar-refractivity contribution is 5.77. The predicted octanol–water partition coefficient (Wildman–Crippen LogP) is -1.68. The lowest BCUT2D eigenvalue weighted by Crippen LogP contribution is -2.57. The molecule has 0 aromatic heterocycles. The van der Waals surface area contributed by atoms with Crippen molar-refractivity contribution in [3.63, 3.8) is 0 Å². The molecule has 2 heterocycles. The number of hydrogen-bond donors (Lipinski definition) is 1. The van der Waals surface area contributed by atoms with Gasteiger partial charge in [0, 0.05) is 28.0 Å². The molecule has 0 saturated carbocycles. The quantitative estimate of drug-likeness (QED) is 0.379. The number of amides is 1. The molecule has 27 heavy (non-hydrogen) atoms. The number of carbonyl (C=O) groups is 4. The first-order valence-electron chi connectivity index (χ1n) is 8.29. The van der Waals surface area contributed by atoms with Crippen molar-refractivity contribution >= 4 is 23.8 Å². The van der Waals surface area contributed by atoms with Gasteiger partial charge in [0.05, 0.1) is 0 Å². The van der Waals surface area contributed by atoms with E-state index in [1.807, 2.05) is 0 Å². The fraction of sp³-hybridized carbons (Fsp3) is 0.750. The van der Waals surface area contributed by atoms with Gasteiger partial charge in [0.1, 0.15) is 31.5 Å². The van der Waals surface area contributed by atoms with E-state index in [0.717, 1.165) is 0 Å². The first kappa shape index (κ1) is 21.1. The van der Waals surface area contributed by atoms with Gasteiger partial charge in [-0.15, -0.1) is 0 Å². The zero-order valence-corrected chi connectivity index (χ0v) is 15.5. The molecule has 4 unspecified atom stereocenters. The summed E-state index contributed by atoms with van der Waals surface area (Å²) >= 11 is 0. The van der Waals surface area contributed by atoms with Crippen molar-refractivity contribution in [2.45, 2.75) is 50.5 Å². The van der Waals surface area contributed by atoms with Gasteiger partial charge in [-0.25, -0.2) is 4.79 Å². The van der Waals surface area contributed by atoms with E-state index in [9.17, 15) is 19.2 Å². The monoisotopic (exact) mass is 389 g/mol. The van der Waals surface area contributed by atoms with Gasteiger partial charge in [-0.2, -0.15) is 0 Å². The average Bonchev–Trinajstić information content (AvgIpc) is 3.10. The van der Waals surface area contributed by atoms with Crippen molar-refractivity contribution < 1.29 is 47.6 Å². The molecule has 2 fully saturated rings. The topological polar surface area (TPSA) is 136 Å². The van der Waals surface area contributed by atoms with Gasteiger partial charge in [-0.3, -0.25) is 14.4 Å². The molecule has 2 rings (SSSR count). The Morgan fingerprint density at radius 1 is 0.852 bits per heavy atom. The van der Waals surface area contributed by atoms with Gasteiger partial charge in [-0.05, 0) is 0 Å². The van der Waals surface area contributed by atoms with Crippen LogP contribution in [-0.4, -0.2) is 87.8 Å². The highest BCUT2D eigenvalue weighted by atomic mass is 16.7. The first-order valence-corrected chi connectivity index (χ1v) is 8.29. The number of esters is 3. The van der Waals surface area contributed by atoms with Crippen LogP contribution in [0.15, 0.2) is 0 Å². The summed E-state index contributed by atoms with van der Waals surface area (Å²) in [5, 5.41) is 2.34. The lowest BCUT2D eigenvalue weighted by molar-refractivity contribution is -0.186. The summed E-state index contributed by atoms with van der Waals surface area (Å²) in [7, 11) is 2.84. The Hall–Kier alpha value is -2.24. The standard InChI is InChI=1S/C16H23NO10/c1-7(18)24-12-11(22-4)13-14(25-8(2)19)15(16(12)27-13)26-10(21)6-23-5-9(20)17-3/h11-16H,5-6H2,1-4H3,(H,17,20)/t11-,12?,13+,14?,15?,16?/m0/s1. The molecule has 0 aliphatic carbocycles. The third kappa shape index (κ3) is 4.93. The van der Waals surface area contributed by atoms with E-state index in [-0.39, 0.29) is 6.61 Å². The number of carbonyl (C=O) groups excluding carboxylic acids is 4. The number of likely N-dealkylation sites (N-methyl/N-ethyl adjacent to an activating group) is 1. The minimum Gasteiger partial charge on any atom is -0.457 e. The van der Waals surface area contributed by atoms with Gasteiger partial charge in [0.15, 0.2) is 18.3 Å². The number of ether oxygens (including phenoxy) is 6. The summed E-state index contributed by atoms with van der Waals surface area (Å²) in [6.07, 6.45) is -5.07. The second-order valence-electron chi connectivity index (χ2n) is 6.03. The Kier molecular flexibility index (Phi) is 7.11. The Bertz CT molecular complexity index is 594. The molecule has 0 aromatic carbocycles. The third-order valence-electron chi connectivity index (χ3n) is 4.13. The van der Waals surface area contributed by atoms with Gasteiger partial charge in [-0.1, -0.05) is 0 Å². The van der Waals surface area contributed by atoms with Gasteiger partial charge < -0.3 is 33.7 Å². The van der Waals surface area contributed by atoms with E-state index in [0.29, 0.717) is 0 Å². The normalized spacial score (nSPS) is 31.3. The smallest absolute Gasteiger partial charge is 0.332 e. The first-order chi connectivity index (χ1) is 12.8. The van der Waals surface area contributed by atoms with E-state index in [2.05, 4.69) is 5.32 Å². The lowest BCUT2D eigenvalue weighted by Gasteiger charge is -2.35. The Labute approximate surface area is 155 Å². The number of rotatable bonds is 8. The molecule has 0 spiro atoms. The molecule has 152 valence electrons. The minimum absolute atomic E-state index is 0.311. The largest absolute Gasteiger partial charge is 0.457 e. The van der Waals surface area contributed by atoms with Crippen molar-refractivity contribution in [3.8, 4) is 0 Å². The summed E-state index contributed by atoms with van der Waals surface area (Å²) < 4.78 is 31.8. The van der Waals surface area contributed by atoms with Gasteiger partial charge in [0.2, 0.25) is 5.91 Å². The molecule has 1 N–H and O–H groups in total. The molecule has 2 aliphatic rings. The van der Waals surface area contributed by atoms with Crippen molar-refractivity contribution in [3.05, 3.63) is 0 Å². The second kappa shape index (κ2) is 9.11. The minimum atomic E-state index is -1.01. The fourth-order valence-corrected chi connectivity index (χ4v) is 3.15. The van der Waals surface area contributed by atoms with Crippen LogP contribution in [0.4, 0.5) is 0 Å². The summed E-state index contributed by atoms with van der Waals surface area (Å²) in [6.45, 7) is 1.65. The maximum Gasteiger partial charge on any atom is 0.332 e. The molecule has 2 aliphatic heterocycles. The van der Waals surface area contributed by atoms with E-state index in [1.165, 1.54) is 28.0 Å². The summed E-state index contributed by atoms with van der Waals surface area (Å²) in [6, 6.07) is 0. The van der Waals surface area contributed by atoms with E-state index >= 15 is 0 Å².